The summed E-state index contributed by atoms with van der Waals surface area (Å²) in [5.74, 6) is 0.577. The maximum Gasteiger partial charge on any atom is 0.245 e. The molecule has 0 aliphatic rings. The van der Waals surface area contributed by atoms with Crippen LogP contribution in [-0.2, 0) is 0 Å². The van der Waals surface area contributed by atoms with Gasteiger partial charge < -0.3 is 10.0 Å². The molecule has 5 nitrogen and oxygen atoms in total. The normalized spacial score (nSPS) is 11.6. The molecule has 1 aromatic heterocycles. The Balaban J connectivity index is 2.91. The van der Waals surface area contributed by atoms with Gasteiger partial charge in [-0.15, -0.1) is 5.10 Å². The molecular formula is C11H20N4O. The summed E-state index contributed by atoms with van der Waals surface area (Å²) in [6.45, 7) is 10.6. The minimum absolute atomic E-state index is 0.494. The Labute approximate surface area is 96.5 Å². The van der Waals surface area contributed by atoms with E-state index in [0.717, 1.165) is 17.9 Å². The minimum atomic E-state index is -0.766. The molecule has 0 aromatic carbocycles. The van der Waals surface area contributed by atoms with E-state index in [1.165, 1.54) is 0 Å². The zero-order valence-electron chi connectivity index (χ0n) is 10.7. The molecule has 0 aliphatic heterocycles. The summed E-state index contributed by atoms with van der Waals surface area (Å²) in [4.78, 5) is 6.29. The molecule has 0 saturated heterocycles. The smallest absolute Gasteiger partial charge is 0.245 e. The Bertz CT molecular complexity index is 359. The van der Waals surface area contributed by atoms with E-state index < -0.39 is 5.60 Å². The molecule has 16 heavy (non-hydrogen) atoms. The van der Waals surface area contributed by atoms with Crippen LogP contribution in [0.25, 0.3) is 0 Å². The lowest BCUT2D eigenvalue weighted by Crippen LogP contribution is -2.39. The second kappa shape index (κ2) is 4.74. The van der Waals surface area contributed by atoms with E-state index in [1.807, 2.05) is 25.7 Å². The van der Waals surface area contributed by atoms with E-state index in [1.54, 1.807) is 13.8 Å². The number of aromatic nitrogens is 3. The highest BCUT2D eigenvalue weighted by Crippen LogP contribution is 2.12. The monoisotopic (exact) mass is 224 g/mol. The summed E-state index contributed by atoms with van der Waals surface area (Å²) >= 11 is 0. The second-order valence-corrected chi connectivity index (χ2v) is 4.61. The molecule has 0 atom stereocenters. The Hall–Kier alpha value is -1.23. The number of likely N-dealkylation sites (N-methyl/N-ethyl adjacent to an activating group) is 1. The molecule has 90 valence electrons. The van der Waals surface area contributed by atoms with E-state index in [0.29, 0.717) is 12.5 Å². The van der Waals surface area contributed by atoms with Gasteiger partial charge in [-0.05, 0) is 34.6 Å². The summed E-state index contributed by atoms with van der Waals surface area (Å²) < 4.78 is 0. The van der Waals surface area contributed by atoms with Crippen molar-refractivity contribution >= 4 is 5.95 Å². The molecule has 0 aliphatic carbocycles. The maximum absolute atomic E-state index is 9.79. The summed E-state index contributed by atoms with van der Waals surface area (Å²) in [7, 11) is 0. The third-order valence-electron chi connectivity index (χ3n) is 2.32. The van der Waals surface area contributed by atoms with Crippen LogP contribution in [0.1, 0.15) is 32.2 Å². The molecule has 1 heterocycles. The van der Waals surface area contributed by atoms with Crippen molar-refractivity contribution in [3.63, 3.8) is 0 Å². The molecule has 0 spiro atoms. The maximum atomic E-state index is 9.79. The molecule has 1 rings (SSSR count). The SMILES string of the molecule is CCN(CC(C)(C)O)c1nnc(C)c(C)n1. The van der Waals surface area contributed by atoms with Crippen LogP contribution in [0.2, 0.25) is 0 Å². The predicted octanol–water partition coefficient (Wildman–Crippen LogP) is 1.09. The van der Waals surface area contributed by atoms with Gasteiger partial charge in [-0.25, -0.2) is 4.98 Å². The summed E-state index contributed by atoms with van der Waals surface area (Å²) in [5.41, 5.74) is 0.945. The Morgan fingerprint density at radius 1 is 1.19 bits per heavy atom. The Kier molecular flexibility index (Phi) is 3.80. The summed E-state index contributed by atoms with van der Waals surface area (Å²) in [5, 5.41) is 17.9. The minimum Gasteiger partial charge on any atom is -0.389 e. The van der Waals surface area contributed by atoms with E-state index >= 15 is 0 Å². The lowest BCUT2D eigenvalue weighted by Gasteiger charge is -2.27. The van der Waals surface area contributed by atoms with Crippen LogP contribution in [0.5, 0.6) is 0 Å². The van der Waals surface area contributed by atoms with Gasteiger partial charge in [0.05, 0.1) is 17.0 Å². The van der Waals surface area contributed by atoms with E-state index in [-0.39, 0.29) is 0 Å². The summed E-state index contributed by atoms with van der Waals surface area (Å²) in [6, 6.07) is 0. The number of hydrogen-bond donors (Lipinski definition) is 1. The molecule has 5 heteroatoms. The van der Waals surface area contributed by atoms with Gasteiger partial charge in [0.15, 0.2) is 0 Å². The van der Waals surface area contributed by atoms with Gasteiger partial charge in [0.25, 0.3) is 0 Å². The number of hydrogen-bond acceptors (Lipinski definition) is 5. The van der Waals surface area contributed by atoms with Crippen LogP contribution in [0.15, 0.2) is 0 Å². The van der Waals surface area contributed by atoms with Gasteiger partial charge in [-0.2, -0.15) is 5.10 Å². The molecule has 0 unspecified atom stereocenters. The Morgan fingerprint density at radius 3 is 2.25 bits per heavy atom. The fourth-order valence-corrected chi connectivity index (χ4v) is 1.37. The highest BCUT2D eigenvalue weighted by molar-refractivity contribution is 5.30. The van der Waals surface area contributed by atoms with Gasteiger partial charge in [-0.1, -0.05) is 0 Å². The van der Waals surface area contributed by atoms with Crippen LogP contribution < -0.4 is 4.90 Å². The van der Waals surface area contributed by atoms with Crippen LogP contribution in [0.4, 0.5) is 5.95 Å². The van der Waals surface area contributed by atoms with Crippen molar-refractivity contribution in [1.29, 1.82) is 0 Å². The first kappa shape index (κ1) is 12.8. The predicted molar refractivity (Wildman–Crippen MR) is 63.5 cm³/mol. The van der Waals surface area contributed by atoms with Crippen molar-refractivity contribution in [3.8, 4) is 0 Å². The molecule has 0 fully saturated rings. The van der Waals surface area contributed by atoms with Crippen molar-refractivity contribution in [1.82, 2.24) is 15.2 Å². The molecule has 0 saturated carbocycles. The lowest BCUT2D eigenvalue weighted by molar-refractivity contribution is 0.0871. The number of aliphatic hydroxyl groups is 1. The number of aryl methyl sites for hydroxylation is 2. The lowest BCUT2D eigenvalue weighted by atomic mass is 10.1. The molecule has 0 radical (unpaired) electrons. The van der Waals surface area contributed by atoms with Crippen molar-refractivity contribution < 1.29 is 5.11 Å². The quantitative estimate of drug-likeness (QED) is 0.829. The molecule has 0 bridgehead atoms. The zero-order chi connectivity index (χ0) is 12.3. The highest BCUT2D eigenvalue weighted by atomic mass is 16.3. The van der Waals surface area contributed by atoms with Crippen LogP contribution in [0.3, 0.4) is 0 Å². The van der Waals surface area contributed by atoms with Crippen molar-refractivity contribution in [2.24, 2.45) is 0 Å². The molecular weight excluding hydrogens is 204 g/mol. The number of nitrogens with zero attached hydrogens (tertiary/aromatic N) is 4. The van der Waals surface area contributed by atoms with E-state index in [4.69, 9.17) is 0 Å². The van der Waals surface area contributed by atoms with Crippen LogP contribution in [0, 0.1) is 13.8 Å². The topological polar surface area (TPSA) is 62.1 Å². The fraction of sp³-hybridized carbons (Fsp3) is 0.727. The van der Waals surface area contributed by atoms with Crippen molar-refractivity contribution in [2.75, 3.05) is 18.0 Å². The average Bonchev–Trinajstić information content (AvgIpc) is 2.17. The second-order valence-electron chi connectivity index (χ2n) is 4.61. The van der Waals surface area contributed by atoms with E-state index in [9.17, 15) is 5.11 Å². The highest BCUT2D eigenvalue weighted by Gasteiger charge is 2.19. The van der Waals surface area contributed by atoms with Crippen molar-refractivity contribution in [3.05, 3.63) is 11.4 Å². The van der Waals surface area contributed by atoms with Gasteiger partial charge >= 0.3 is 0 Å². The average molecular weight is 224 g/mol. The first-order valence-electron chi connectivity index (χ1n) is 5.48. The Morgan fingerprint density at radius 2 is 1.81 bits per heavy atom. The van der Waals surface area contributed by atoms with Gasteiger partial charge in [0.1, 0.15) is 0 Å². The van der Waals surface area contributed by atoms with Crippen LogP contribution >= 0.6 is 0 Å². The van der Waals surface area contributed by atoms with Gasteiger partial charge in [-0.3, -0.25) is 0 Å². The van der Waals surface area contributed by atoms with Crippen molar-refractivity contribution in [2.45, 2.75) is 40.2 Å². The molecule has 1 N–H and O–H groups in total. The van der Waals surface area contributed by atoms with Crippen LogP contribution in [-0.4, -0.2) is 39.0 Å². The van der Waals surface area contributed by atoms with E-state index in [2.05, 4.69) is 15.2 Å². The molecule has 0 amide bonds. The molecule has 1 aromatic rings. The first-order chi connectivity index (χ1) is 7.33. The fourth-order valence-electron chi connectivity index (χ4n) is 1.37. The standard InChI is InChI=1S/C11H20N4O/c1-6-15(7-11(4,5)16)10-12-8(2)9(3)13-14-10/h16H,6-7H2,1-5H3. The third kappa shape index (κ3) is 3.41. The first-order valence-corrected chi connectivity index (χ1v) is 5.48. The van der Waals surface area contributed by atoms with Gasteiger partial charge in [0, 0.05) is 13.1 Å². The number of rotatable bonds is 4. The largest absolute Gasteiger partial charge is 0.389 e. The van der Waals surface area contributed by atoms with Gasteiger partial charge in [0.2, 0.25) is 5.95 Å². The zero-order valence-corrected chi connectivity index (χ0v) is 10.7. The third-order valence-corrected chi connectivity index (χ3v) is 2.32. The summed E-state index contributed by atoms with van der Waals surface area (Å²) in [6.07, 6.45) is 0. The number of anilines is 1.